The van der Waals surface area contributed by atoms with Crippen molar-refractivity contribution in [3.8, 4) is 0 Å². The zero-order valence-electron chi connectivity index (χ0n) is 10.2. The van der Waals surface area contributed by atoms with Crippen molar-refractivity contribution in [2.45, 2.75) is 18.9 Å². The summed E-state index contributed by atoms with van der Waals surface area (Å²) >= 11 is 0. The highest BCUT2D eigenvalue weighted by atomic mass is 19.1. The van der Waals surface area contributed by atoms with Crippen molar-refractivity contribution in [2.75, 3.05) is 11.4 Å². The average Bonchev–Trinajstić information content (AvgIpc) is 2.87. The maximum absolute atomic E-state index is 13.4. The Balaban J connectivity index is 2.14. The van der Waals surface area contributed by atoms with E-state index in [9.17, 15) is 14.3 Å². The van der Waals surface area contributed by atoms with Crippen LogP contribution in [0.5, 0.6) is 0 Å². The fourth-order valence-corrected chi connectivity index (χ4v) is 2.63. The van der Waals surface area contributed by atoms with E-state index in [1.807, 2.05) is 0 Å². The Kier molecular flexibility index (Phi) is 2.81. The Bertz CT molecular complexity index is 644. The zero-order valence-corrected chi connectivity index (χ0v) is 10.2. The first-order chi connectivity index (χ1) is 9.16. The van der Waals surface area contributed by atoms with Crippen molar-refractivity contribution in [1.29, 1.82) is 0 Å². The summed E-state index contributed by atoms with van der Waals surface area (Å²) in [5.41, 5.74) is 0. The molecule has 1 aliphatic rings. The van der Waals surface area contributed by atoms with Crippen molar-refractivity contribution in [1.82, 2.24) is 4.98 Å². The van der Waals surface area contributed by atoms with Gasteiger partial charge < -0.3 is 10.0 Å². The Labute approximate surface area is 109 Å². The number of hydrogen-bond acceptors (Lipinski definition) is 3. The molecule has 0 aliphatic carbocycles. The molecule has 98 valence electrons. The third kappa shape index (κ3) is 2.01. The van der Waals surface area contributed by atoms with E-state index in [0.717, 1.165) is 11.8 Å². The largest absolute Gasteiger partial charge is 0.480 e. The highest BCUT2D eigenvalue weighted by Gasteiger charge is 2.32. The van der Waals surface area contributed by atoms with Crippen LogP contribution in [-0.4, -0.2) is 28.6 Å². The molecule has 1 saturated heterocycles. The van der Waals surface area contributed by atoms with Gasteiger partial charge in [0.15, 0.2) is 0 Å². The summed E-state index contributed by atoms with van der Waals surface area (Å²) in [7, 11) is 0. The molecule has 2 aromatic rings. The van der Waals surface area contributed by atoms with E-state index in [2.05, 4.69) is 4.98 Å². The summed E-state index contributed by atoms with van der Waals surface area (Å²) in [6.45, 7) is 0.638. The molecule has 0 radical (unpaired) electrons. The molecule has 1 fully saturated rings. The van der Waals surface area contributed by atoms with E-state index in [-0.39, 0.29) is 5.82 Å². The van der Waals surface area contributed by atoms with Gasteiger partial charge in [0.2, 0.25) is 0 Å². The summed E-state index contributed by atoms with van der Waals surface area (Å²) in [6, 6.07) is 5.72. The van der Waals surface area contributed by atoms with Gasteiger partial charge in [0.05, 0.1) is 0 Å². The van der Waals surface area contributed by atoms with Gasteiger partial charge >= 0.3 is 5.97 Å². The van der Waals surface area contributed by atoms with Crippen molar-refractivity contribution in [3.05, 3.63) is 36.3 Å². The number of aliphatic carboxylic acids is 1. The SMILES string of the molecule is O=C(O)[C@H]1CCCN1c1nccc2ccc(F)cc12. The quantitative estimate of drug-likeness (QED) is 0.901. The Morgan fingerprint density at radius 3 is 3.05 bits per heavy atom. The molecule has 0 unspecified atom stereocenters. The molecule has 0 spiro atoms. The number of nitrogens with zero attached hydrogens (tertiary/aromatic N) is 2. The van der Waals surface area contributed by atoms with Crippen LogP contribution in [0.4, 0.5) is 10.2 Å². The first-order valence-corrected chi connectivity index (χ1v) is 6.20. The minimum Gasteiger partial charge on any atom is -0.480 e. The van der Waals surface area contributed by atoms with E-state index in [0.29, 0.717) is 24.2 Å². The second-order valence-electron chi connectivity index (χ2n) is 4.69. The second-order valence-corrected chi connectivity index (χ2v) is 4.69. The molecule has 1 aliphatic heterocycles. The molecule has 3 rings (SSSR count). The lowest BCUT2D eigenvalue weighted by Gasteiger charge is -2.23. The smallest absolute Gasteiger partial charge is 0.326 e. The van der Waals surface area contributed by atoms with Crippen LogP contribution in [0, 0.1) is 5.82 Å². The maximum atomic E-state index is 13.4. The molecule has 4 nitrogen and oxygen atoms in total. The summed E-state index contributed by atoms with van der Waals surface area (Å²) in [5, 5.41) is 10.8. The van der Waals surface area contributed by atoms with E-state index >= 15 is 0 Å². The number of fused-ring (bicyclic) bond motifs is 1. The van der Waals surface area contributed by atoms with Crippen LogP contribution in [0.2, 0.25) is 0 Å². The van der Waals surface area contributed by atoms with Gasteiger partial charge in [-0.2, -0.15) is 0 Å². The number of benzene rings is 1. The molecule has 19 heavy (non-hydrogen) atoms. The van der Waals surface area contributed by atoms with Crippen molar-refractivity contribution in [2.24, 2.45) is 0 Å². The van der Waals surface area contributed by atoms with Crippen LogP contribution in [0.3, 0.4) is 0 Å². The van der Waals surface area contributed by atoms with Gasteiger partial charge in [-0.1, -0.05) is 6.07 Å². The Morgan fingerprint density at radius 1 is 1.42 bits per heavy atom. The topological polar surface area (TPSA) is 53.4 Å². The number of carbonyl (C=O) groups is 1. The number of hydrogen-bond donors (Lipinski definition) is 1. The van der Waals surface area contributed by atoms with Gasteiger partial charge in [0.25, 0.3) is 0 Å². The number of carboxylic acid groups (broad SMARTS) is 1. The van der Waals surface area contributed by atoms with E-state index in [1.54, 1.807) is 23.2 Å². The number of anilines is 1. The molecule has 1 aromatic carbocycles. The van der Waals surface area contributed by atoms with Crippen LogP contribution < -0.4 is 4.90 Å². The number of pyridine rings is 1. The number of halogens is 1. The van der Waals surface area contributed by atoms with Crippen LogP contribution in [0.15, 0.2) is 30.5 Å². The van der Waals surface area contributed by atoms with Gasteiger partial charge in [-0.3, -0.25) is 0 Å². The number of rotatable bonds is 2. The normalized spacial score (nSPS) is 19.0. The molecule has 0 saturated carbocycles. The van der Waals surface area contributed by atoms with Gasteiger partial charge in [0.1, 0.15) is 17.7 Å². The van der Waals surface area contributed by atoms with Crippen LogP contribution in [-0.2, 0) is 4.79 Å². The molecule has 0 amide bonds. The van der Waals surface area contributed by atoms with Gasteiger partial charge in [-0.25, -0.2) is 14.2 Å². The lowest BCUT2D eigenvalue weighted by Crippen LogP contribution is -2.36. The van der Waals surface area contributed by atoms with Crippen LogP contribution in [0.1, 0.15) is 12.8 Å². The minimum absolute atomic E-state index is 0.340. The second kappa shape index (κ2) is 4.50. The first-order valence-electron chi connectivity index (χ1n) is 6.20. The predicted molar refractivity (Wildman–Crippen MR) is 69.7 cm³/mol. The van der Waals surface area contributed by atoms with E-state index in [4.69, 9.17) is 0 Å². The molecular weight excluding hydrogens is 247 g/mol. The third-order valence-corrected chi connectivity index (χ3v) is 3.52. The monoisotopic (exact) mass is 260 g/mol. The number of aromatic nitrogens is 1. The molecule has 1 aromatic heterocycles. The molecule has 1 atom stereocenters. The lowest BCUT2D eigenvalue weighted by molar-refractivity contribution is -0.138. The standard InChI is InChI=1S/C14H13FN2O2/c15-10-4-3-9-5-6-16-13(11(9)8-10)17-7-1-2-12(17)14(18)19/h3-6,8,12H,1-2,7H2,(H,18,19)/t12-/m1/s1. The van der Waals surface area contributed by atoms with Crippen molar-refractivity contribution >= 4 is 22.6 Å². The zero-order chi connectivity index (χ0) is 13.4. The predicted octanol–water partition coefficient (Wildman–Crippen LogP) is 2.43. The number of carboxylic acids is 1. The Morgan fingerprint density at radius 2 is 2.26 bits per heavy atom. The van der Waals surface area contributed by atoms with Crippen molar-refractivity contribution in [3.63, 3.8) is 0 Å². The highest BCUT2D eigenvalue weighted by Crippen LogP contribution is 2.30. The molecule has 2 heterocycles. The summed E-state index contributed by atoms with van der Waals surface area (Å²) in [5.74, 6) is -0.637. The van der Waals surface area contributed by atoms with Gasteiger partial charge in [-0.05, 0) is 36.4 Å². The van der Waals surface area contributed by atoms with E-state index < -0.39 is 12.0 Å². The molecule has 0 bridgehead atoms. The fourth-order valence-electron chi connectivity index (χ4n) is 2.63. The molecular formula is C14H13FN2O2. The van der Waals surface area contributed by atoms with E-state index in [1.165, 1.54) is 12.1 Å². The fraction of sp³-hybridized carbons (Fsp3) is 0.286. The third-order valence-electron chi connectivity index (χ3n) is 3.52. The highest BCUT2D eigenvalue weighted by molar-refractivity contribution is 5.94. The maximum Gasteiger partial charge on any atom is 0.326 e. The summed E-state index contributed by atoms with van der Waals surface area (Å²) in [6.07, 6.45) is 3.04. The minimum atomic E-state index is -0.854. The summed E-state index contributed by atoms with van der Waals surface area (Å²) in [4.78, 5) is 17.3. The molecule has 1 N–H and O–H groups in total. The lowest BCUT2D eigenvalue weighted by atomic mass is 10.1. The first kappa shape index (κ1) is 11.9. The average molecular weight is 260 g/mol. The van der Waals surface area contributed by atoms with Gasteiger partial charge in [0, 0.05) is 18.1 Å². The van der Waals surface area contributed by atoms with Crippen LogP contribution >= 0.6 is 0 Å². The summed E-state index contributed by atoms with van der Waals surface area (Å²) < 4.78 is 13.4. The molecule has 5 heteroatoms. The van der Waals surface area contributed by atoms with Crippen molar-refractivity contribution < 1.29 is 14.3 Å². The Hall–Kier alpha value is -2.17. The van der Waals surface area contributed by atoms with Gasteiger partial charge in [-0.15, -0.1) is 0 Å². The van der Waals surface area contributed by atoms with Crippen LogP contribution in [0.25, 0.3) is 10.8 Å².